The zero-order valence-corrected chi connectivity index (χ0v) is 14.1. The maximum Gasteiger partial charge on any atom is 0.323 e. The topological polar surface area (TPSA) is 55.9 Å². The summed E-state index contributed by atoms with van der Waals surface area (Å²) in [6.07, 6.45) is 0. The molecule has 0 aromatic carbocycles. The minimum absolute atomic E-state index is 0.351. The van der Waals surface area contributed by atoms with Crippen LogP contribution >= 0.6 is 0 Å². The fourth-order valence-corrected chi connectivity index (χ4v) is 2.38. The van der Waals surface area contributed by atoms with Gasteiger partial charge in [-0.05, 0) is 18.9 Å². The first-order valence-electron chi connectivity index (χ1n) is 7.83. The van der Waals surface area contributed by atoms with E-state index in [1.54, 1.807) is 4.90 Å². The van der Waals surface area contributed by atoms with Crippen LogP contribution in [0.4, 0.5) is 0 Å². The molecule has 1 rings (SSSR count). The molecule has 122 valence electrons. The Bertz CT molecular complexity index is 340. The van der Waals surface area contributed by atoms with E-state index in [4.69, 9.17) is 0 Å². The van der Waals surface area contributed by atoms with Gasteiger partial charge in [0.2, 0.25) is 0 Å². The Kier molecular flexibility index (Phi) is 7.11. The van der Waals surface area contributed by atoms with E-state index in [1.165, 1.54) is 0 Å². The average Bonchev–Trinajstić information content (AvgIpc) is 2.38. The number of rotatable bonds is 5. The van der Waals surface area contributed by atoms with E-state index in [9.17, 15) is 9.59 Å². The molecular weight excluding hydrogens is 268 g/mol. The second-order valence-corrected chi connectivity index (χ2v) is 6.73. The van der Waals surface area contributed by atoms with Crippen LogP contribution in [0.3, 0.4) is 0 Å². The number of hydrazine groups is 1. The van der Waals surface area contributed by atoms with E-state index in [2.05, 4.69) is 45.1 Å². The van der Waals surface area contributed by atoms with Crippen LogP contribution in [-0.2, 0) is 9.59 Å². The molecule has 0 bridgehead atoms. The van der Waals surface area contributed by atoms with Gasteiger partial charge in [-0.15, -0.1) is 0 Å². The van der Waals surface area contributed by atoms with Gasteiger partial charge in [0.15, 0.2) is 0 Å². The lowest BCUT2D eigenvalue weighted by atomic mass is 10.1. The summed E-state index contributed by atoms with van der Waals surface area (Å²) in [5.74, 6) is -0.231. The van der Waals surface area contributed by atoms with Crippen LogP contribution in [0.5, 0.6) is 0 Å². The molecule has 0 spiro atoms. The van der Waals surface area contributed by atoms with Gasteiger partial charge in [-0.25, -0.2) is 5.01 Å². The summed E-state index contributed by atoms with van der Waals surface area (Å²) < 4.78 is 0. The maximum atomic E-state index is 12.3. The molecule has 0 aromatic rings. The van der Waals surface area contributed by atoms with Gasteiger partial charge in [-0.1, -0.05) is 27.7 Å². The van der Waals surface area contributed by atoms with E-state index < -0.39 is 11.8 Å². The Morgan fingerprint density at radius 3 is 1.90 bits per heavy atom. The molecule has 0 radical (unpaired) electrons. The predicted octanol–water partition coefficient (Wildman–Crippen LogP) is 0.406. The van der Waals surface area contributed by atoms with Gasteiger partial charge in [0.1, 0.15) is 0 Å². The molecule has 0 atom stereocenters. The van der Waals surface area contributed by atoms with Crippen LogP contribution in [0, 0.1) is 11.8 Å². The molecule has 1 fully saturated rings. The number of hydrogen-bond donors (Lipinski definition) is 1. The van der Waals surface area contributed by atoms with Gasteiger partial charge < -0.3 is 9.80 Å². The number of carbonyl (C=O) groups is 2. The number of nitrogens with zero attached hydrogens (tertiary/aromatic N) is 3. The van der Waals surface area contributed by atoms with Crippen LogP contribution in [-0.4, -0.2) is 72.9 Å². The van der Waals surface area contributed by atoms with Crippen molar-refractivity contribution in [3.63, 3.8) is 0 Å². The van der Waals surface area contributed by atoms with Crippen molar-refractivity contribution < 1.29 is 9.59 Å². The molecule has 0 saturated carbocycles. The van der Waals surface area contributed by atoms with Gasteiger partial charge in [0.05, 0.1) is 0 Å². The van der Waals surface area contributed by atoms with Crippen molar-refractivity contribution in [2.75, 3.05) is 46.3 Å². The molecule has 1 aliphatic heterocycles. The van der Waals surface area contributed by atoms with E-state index in [0.717, 1.165) is 26.2 Å². The number of carbonyl (C=O) groups excluding carboxylic acids is 2. The quantitative estimate of drug-likeness (QED) is 0.747. The van der Waals surface area contributed by atoms with Crippen molar-refractivity contribution >= 4 is 11.8 Å². The van der Waals surface area contributed by atoms with Gasteiger partial charge in [0, 0.05) is 39.3 Å². The summed E-state index contributed by atoms with van der Waals surface area (Å²) in [6, 6.07) is 0. The van der Waals surface area contributed by atoms with Gasteiger partial charge in [0.25, 0.3) is 0 Å². The minimum Gasteiger partial charge on any atom is -0.334 e. The van der Waals surface area contributed by atoms with Gasteiger partial charge in [-0.2, -0.15) is 0 Å². The molecule has 21 heavy (non-hydrogen) atoms. The van der Waals surface area contributed by atoms with Crippen molar-refractivity contribution in [3.05, 3.63) is 0 Å². The average molecular weight is 298 g/mol. The minimum atomic E-state index is -0.513. The van der Waals surface area contributed by atoms with E-state index in [-0.39, 0.29) is 0 Å². The lowest BCUT2D eigenvalue weighted by Crippen LogP contribution is -2.56. The van der Waals surface area contributed by atoms with Gasteiger partial charge in [-0.3, -0.25) is 15.0 Å². The van der Waals surface area contributed by atoms with Crippen LogP contribution in [0.25, 0.3) is 0 Å². The Morgan fingerprint density at radius 1 is 1.00 bits per heavy atom. The molecule has 1 heterocycles. The molecule has 0 aliphatic carbocycles. The second-order valence-electron chi connectivity index (χ2n) is 6.73. The Labute approximate surface area is 128 Å². The standard InChI is InChI=1S/C15H30N4O2/c1-12(2)10-18(11-13(3)4)15(21)14(20)16-19-8-6-17(5)7-9-19/h12-13H,6-11H2,1-5H3,(H,16,20). The molecule has 0 unspecified atom stereocenters. The molecule has 0 aromatic heterocycles. The highest BCUT2D eigenvalue weighted by molar-refractivity contribution is 6.34. The highest BCUT2D eigenvalue weighted by Crippen LogP contribution is 2.05. The van der Waals surface area contributed by atoms with Crippen LogP contribution in [0.15, 0.2) is 0 Å². The summed E-state index contributed by atoms with van der Waals surface area (Å²) in [7, 11) is 2.05. The van der Waals surface area contributed by atoms with Crippen molar-refractivity contribution in [2.45, 2.75) is 27.7 Å². The van der Waals surface area contributed by atoms with E-state index >= 15 is 0 Å². The first-order valence-corrected chi connectivity index (χ1v) is 7.83. The highest BCUT2D eigenvalue weighted by atomic mass is 16.2. The first kappa shape index (κ1) is 17.9. The first-order chi connectivity index (χ1) is 9.79. The van der Waals surface area contributed by atoms with Crippen molar-refractivity contribution in [1.29, 1.82) is 0 Å². The third-order valence-electron chi connectivity index (χ3n) is 3.42. The number of likely N-dealkylation sites (N-methyl/N-ethyl adjacent to an activating group) is 1. The van der Waals surface area contributed by atoms with Crippen molar-refractivity contribution in [3.8, 4) is 0 Å². The van der Waals surface area contributed by atoms with Crippen LogP contribution in [0.1, 0.15) is 27.7 Å². The summed E-state index contributed by atoms with van der Waals surface area (Å²) in [6.45, 7) is 12.8. The maximum absolute atomic E-state index is 12.3. The fraction of sp³-hybridized carbons (Fsp3) is 0.867. The molecule has 6 nitrogen and oxygen atoms in total. The third-order valence-corrected chi connectivity index (χ3v) is 3.42. The lowest BCUT2D eigenvalue weighted by Gasteiger charge is -2.33. The number of hydrogen-bond acceptors (Lipinski definition) is 4. The normalized spacial score (nSPS) is 17.3. The van der Waals surface area contributed by atoms with Crippen LogP contribution < -0.4 is 5.43 Å². The molecule has 1 aliphatic rings. The smallest absolute Gasteiger partial charge is 0.323 e. The molecule has 6 heteroatoms. The Balaban J connectivity index is 2.54. The lowest BCUT2D eigenvalue weighted by molar-refractivity contribution is -0.149. The summed E-state index contributed by atoms with van der Waals surface area (Å²) in [5.41, 5.74) is 2.74. The Morgan fingerprint density at radius 2 is 1.48 bits per heavy atom. The molecule has 1 N–H and O–H groups in total. The number of nitrogens with one attached hydrogen (secondary N) is 1. The largest absolute Gasteiger partial charge is 0.334 e. The van der Waals surface area contributed by atoms with Crippen molar-refractivity contribution in [2.24, 2.45) is 11.8 Å². The van der Waals surface area contributed by atoms with E-state index in [0.29, 0.717) is 24.9 Å². The molecule has 2 amide bonds. The summed E-state index contributed by atoms with van der Waals surface area (Å²) in [4.78, 5) is 28.3. The highest BCUT2D eigenvalue weighted by Gasteiger charge is 2.25. The van der Waals surface area contributed by atoms with E-state index in [1.807, 2.05) is 5.01 Å². The summed E-state index contributed by atoms with van der Waals surface area (Å²) >= 11 is 0. The van der Waals surface area contributed by atoms with Gasteiger partial charge >= 0.3 is 11.8 Å². The zero-order valence-electron chi connectivity index (χ0n) is 14.1. The summed E-state index contributed by atoms with van der Waals surface area (Å²) in [5, 5.41) is 1.84. The SMILES string of the molecule is CC(C)CN(CC(C)C)C(=O)C(=O)NN1CCN(C)CC1. The fourth-order valence-electron chi connectivity index (χ4n) is 2.38. The molecule has 1 saturated heterocycles. The Hall–Kier alpha value is -1.14. The van der Waals surface area contributed by atoms with Crippen LogP contribution in [0.2, 0.25) is 0 Å². The molecular formula is C15H30N4O2. The monoisotopic (exact) mass is 298 g/mol. The number of amides is 2. The third kappa shape index (κ3) is 6.44. The second kappa shape index (κ2) is 8.34. The number of piperazine rings is 1. The zero-order chi connectivity index (χ0) is 16.0. The predicted molar refractivity (Wildman–Crippen MR) is 83.5 cm³/mol. The van der Waals surface area contributed by atoms with Crippen molar-refractivity contribution in [1.82, 2.24) is 20.2 Å².